The number of anilines is 1. The van der Waals surface area contributed by atoms with Crippen molar-refractivity contribution in [1.82, 2.24) is 29.6 Å². The number of fused-ring (bicyclic) bond motifs is 1. The van der Waals surface area contributed by atoms with Crippen molar-refractivity contribution in [3.8, 4) is 11.4 Å². The predicted octanol–water partition coefficient (Wildman–Crippen LogP) is 1.70. The van der Waals surface area contributed by atoms with E-state index in [1.165, 1.54) is 12.8 Å². The van der Waals surface area contributed by atoms with Crippen LogP contribution in [0.5, 0.6) is 0 Å². The SMILES string of the molecule is Cn1ncc2c(N[C@H]3COC[C@@H]3N3CCCC3)nc(-c3ccncc3)nc21. The van der Waals surface area contributed by atoms with Crippen LogP contribution in [0.4, 0.5) is 5.82 Å². The van der Waals surface area contributed by atoms with Crippen LogP contribution in [-0.4, -0.2) is 68.0 Å². The zero-order chi connectivity index (χ0) is 18.2. The molecular weight excluding hydrogens is 342 g/mol. The van der Waals surface area contributed by atoms with Gasteiger partial charge in [-0.3, -0.25) is 14.6 Å². The van der Waals surface area contributed by atoms with E-state index >= 15 is 0 Å². The highest BCUT2D eigenvalue weighted by Gasteiger charge is 2.35. The van der Waals surface area contributed by atoms with E-state index in [9.17, 15) is 0 Å². The minimum absolute atomic E-state index is 0.215. The number of aromatic nitrogens is 5. The Balaban J connectivity index is 1.52. The van der Waals surface area contributed by atoms with Gasteiger partial charge in [-0.25, -0.2) is 9.97 Å². The average Bonchev–Trinajstić information content (AvgIpc) is 3.44. The van der Waals surface area contributed by atoms with E-state index < -0.39 is 0 Å². The molecule has 140 valence electrons. The molecule has 0 unspecified atom stereocenters. The van der Waals surface area contributed by atoms with Gasteiger partial charge in [-0.05, 0) is 38.1 Å². The lowest BCUT2D eigenvalue weighted by atomic mass is 10.1. The second kappa shape index (κ2) is 6.86. The van der Waals surface area contributed by atoms with Crippen molar-refractivity contribution in [2.24, 2.45) is 7.05 Å². The quantitative estimate of drug-likeness (QED) is 0.754. The summed E-state index contributed by atoms with van der Waals surface area (Å²) in [6.07, 6.45) is 7.89. The molecule has 0 amide bonds. The van der Waals surface area contributed by atoms with Crippen molar-refractivity contribution in [2.75, 3.05) is 31.6 Å². The van der Waals surface area contributed by atoms with Crippen molar-refractivity contribution < 1.29 is 4.74 Å². The first-order valence-corrected chi connectivity index (χ1v) is 9.48. The van der Waals surface area contributed by atoms with Crippen molar-refractivity contribution in [3.05, 3.63) is 30.7 Å². The van der Waals surface area contributed by atoms with E-state index in [1.54, 1.807) is 17.1 Å². The Hall–Kier alpha value is -2.58. The topological polar surface area (TPSA) is 81.0 Å². The van der Waals surface area contributed by atoms with E-state index in [0.29, 0.717) is 18.5 Å². The minimum atomic E-state index is 0.215. The van der Waals surface area contributed by atoms with E-state index in [2.05, 4.69) is 20.3 Å². The third-order valence-corrected chi connectivity index (χ3v) is 5.51. The van der Waals surface area contributed by atoms with Gasteiger partial charge in [0.1, 0.15) is 5.82 Å². The Morgan fingerprint density at radius 3 is 2.74 bits per heavy atom. The summed E-state index contributed by atoms with van der Waals surface area (Å²) in [6, 6.07) is 4.45. The summed E-state index contributed by atoms with van der Waals surface area (Å²) in [6.45, 7) is 3.77. The minimum Gasteiger partial charge on any atom is -0.378 e. The first kappa shape index (κ1) is 16.6. The fraction of sp³-hybridized carbons (Fsp3) is 0.474. The maximum atomic E-state index is 5.81. The van der Waals surface area contributed by atoms with Crippen molar-refractivity contribution in [2.45, 2.75) is 24.9 Å². The number of aryl methyl sites for hydroxylation is 1. The van der Waals surface area contributed by atoms with Gasteiger partial charge in [0.2, 0.25) is 0 Å². The summed E-state index contributed by atoms with van der Waals surface area (Å²) in [5.74, 6) is 1.49. The van der Waals surface area contributed by atoms with Gasteiger partial charge in [0.15, 0.2) is 11.5 Å². The van der Waals surface area contributed by atoms with Gasteiger partial charge >= 0.3 is 0 Å². The van der Waals surface area contributed by atoms with Crippen molar-refractivity contribution in [1.29, 1.82) is 0 Å². The lowest BCUT2D eigenvalue weighted by Gasteiger charge is -2.28. The van der Waals surface area contributed by atoms with Crippen LogP contribution in [0.2, 0.25) is 0 Å². The second-order valence-corrected chi connectivity index (χ2v) is 7.24. The third kappa shape index (κ3) is 3.04. The Labute approximate surface area is 157 Å². The lowest BCUT2D eigenvalue weighted by Crippen LogP contribution is -2.45. The lowest BCUT2D eigenvalue weighted by molar-refractivity contribution is 0.159. The number of hydrogen-bond donors (Lipinski definition) is 1. The number of likely N-dealkylation sites (tertiary alicyclic amines) is 1. The Morgan fingerprint density at radius 1 is 1.11 bits per heavy atom. The van der Waals surface area contributed by atoms with Crippen molar-refractivity contribution in [3.63, 3.8) is 0 Å². The highest BCUT2D eigenvalue weighted by atomic mass is 16.5. The number of rotatable bonds is 4. The fourth-order valence-electron chi connectivity index (χ4n) is 4.05. The van der Waals surface area contributed by atoms with Crippen LogP contribution in [0.3, 0.4) is 0 Å². The van der Waals surface area contributed by atoms with Gasteiger partial charge in [0, 0.05) is 25.0 Å². The molecule has 27 heavy (non-hydrogen) atoms. The number of nitrogens with one attached hydrogen (secondary N) is 1. The molecular formula is C19H23N7O. The van der Waals surface area contributed by atoms with E-state index in [4.69, 9.17) is 14.7 Å². The first-order valence-electron chi connectivity index (χ1n) is 9.48. The van der Waals surface area contributed by atoms with Gasteiger partial charge in [0.25, 0.3) is 0 Å². The third-order valence-electron chi connectivity index (χ3n) is 5.51. The molecule has 0 spiro atoms. The maximum absolute atomic E-state index is 5.81. The van der Waals surface area contributed by atoms with Crippen LogP contribution in [0, 0.1) is 0 Å². The van der Waals surface area contributed by atoms with Crippen LogP contribution in [0.15, 0.2) is 30.7 Å². The molecule has 5 rings (SSSR count). The molecule has 2 saturated heterocycles. The molecule has 0 bridgehead atoms. The zero-order valence-corrected chi connectivity index (χ0v) is 15.4. The molecule has 2 fully saturated rings. The van der Waals surface area contributed by atoms with Gasteiger partial charge in [-0.15, -0.1) is 0 Å². The largest absolute Gasteiger partial charge is 0.378 e. The van der Waals surface area contributed by atoms with Gasteiger partial charge in [-0.2, -0.15) is 5.10 Å². The van der Waals surface area contributed by atoms with Crippen LogP contribution >= 0.6 is 0 Å². The van der Waals surface area contributed by atoms with Gasteiger partial charge in [0.05, 0.1) is 36.9 Å². The molecule has 2 aliphatic heterocycles. The Kier molecular flexibility index (Phi) is 4.21. The highest BCUT2D eigenvalue weighted by Crippen LogP contribution is 2.27. The van der Waals surface area contributed by atoms with E-state index in [0.717, 1.165) is 42.1 Å². The first-order chi connectivity index (χ1) is 13.3. The zero-order valence-electron chi connectivity index (χ0n) is 15.4. The number of ether oxygens (including phenoxy) is 1. The summed E-state index contributed by atoms with van der Waals surface area (Å²) in [5.41, 5.74) is 1.76. The van der Waals surface area contributed by atoms with Crippen LogP contribution in [0.1, 0.15) is 12.8 Å². The van der Waals surface area contributed by atoms with Gasteiger partial charge < -0.3 is 10.1 Å². The molecule has 1 N–H and O–H groups in total. The smallest absolute Gasteiger partial charge is 0.164 e. The molecule has 8 heteroatoms. The number of pyridine rings is 1. The summed E-state index contributed by atoms with van der Waals surface area (Å²) in [5, 5.41) is 8.96. The highest BCUT2D eigenvalue weighted by molar-refractivity contribution is 5.88. The maximum Gasteiger partial charge on any atom is 0.164 e. The molecule has 0 aromatic carbocycles. The van der Waals surface area contributed by atoms with E-state index in [-0.39, 0.29) is 6.04 Å². The standard InChI is InChI=1S/C19H23N7O/c1-25-19-14(10-21-25)18(23-17(24-19)13-4-6-20-7-5-13)22-15-11-27-12-16(15)26-8-2-3-9-26/h4-7,10,15-16H,2-3,8-9,11-12H2,1H3,(H,22,23,24)/t15-,16-/m0/s1. The monoisotopic (exact) mass is 365 g/mol. The number of nitrogens with zero attached hydrogens (tertiary/aromatic N) is 6. The van der Waals surface area contributed by atoms with Crippen LogP contribution in [0.25, 0.3) is 22.4 Å². The normalized spacial score (nSPS) is 23.3. The molecule has 5 heterocycles. The molecule has 0 saturated carbocycles. The molecule has 2 aliphatic rings. The number of hydrogen-bond acceptors (Lipinski definition) is 7. The van der Waals surface area contributed by atoms with Gasteiger partial charge in [-0.1, -0.05) is 0 Å². The molecule has 0 radical (unpaired) electrons. The molecule has 3 aromatic heterocycles. The fourth-order valence-corrected chi connectivity index (χ4v) is 4.05. The molecule has 8 nitrogen and oxygen atoms in total. The molecule has 2 atom stereocenters. The summed E-state index contributed by atoms with van der Waals surface area (Å²) in [7, 11) is 1.90. The second-order valence-electron chi connectivity index (χ2n) is 7.24. The Bertz CT molecular complexity index is 936. The summed E-state index contributed by atoms with van der Waals surface area (Å²) >= 11 is 0. The Morgan fingerprint density at radius 2 is 1.93 bits per heavy atom. The van der Waals surface area contributed by atoms with Crippen LogP contribution in [-0.2, 0) is 11.8 Å². The van der Waals surface area contributed by atoms with Crippen LogP contribution < -0.4 is 5.32 Å². The average molecular weight is 365 g/mol. The predicted molar refractivity (Wildman–Crippen MR) is 102 cm³/mol. The summed E-state index contributed by atoms with van der Waals surface area (Å²) in [4.78, 5) is 16.2. The molecule has 0 aliphatic carbocycles. The van der Waals surface area contributed by atoms with Crippen molar-refractivity contribution >= 4 is 16.9 Å². The summed E-state index contributed by atoms with van der Waals surface area (Å²) < 4.78 is 7.60. The van der Waals surface area contributed by atoms with E-state index in [1.807, 2.05) is 25.4 Å². The molecule has 3 aromatic rings.